The van der Waals surface area contributed by atoms with Crippen LogP contribution in [0.15, 0.2) is 71.9 Å². The van der Waals surface area contributed by atoms with E-state index in [1.54, 1.807) is 6.20 Å². The van der Waals surface area contributed by atoms with Gasteiger partial charge in [0, 0.05) is 18.0 Å². The first-order valence-electron chi connectivity index (χ1n) is 9.11. The lowest BCUT2D eigenvalue weighted by Crippen LogP contribution is -2.22. The van der Waals surface area contributed by atoms with Crippen molar-refractivity contribution in [2.75, 3.05) is 11.9 Å². The smallest absolute Gasteiger partial charge is 0.219 e. The fourth-order valence-electron chi connectivity index (χ4n) is 2.50. The highest BCUT2D eigenvalue weighted by Crippen LogP contribution is 2.23. The van der Waals surface area contributed by atoms with E-state index in [-0.39, 0.29) is 24.0 Å². The summed E-state index contributed by atoms with van der Waals surface area (Å²) in [6.45, 7) is 5.04. The number of aromatic nitrogens is 1. The van der Waals surface area contributed by atoms with Crippen LogP contribution in [-0.2, 0) is 6.54 Å². The number of anilines is 1. The van der Waals surface area contributed by atoms with E-state index in [0.717, 1.165) is 17.0 Å². The van der Waals surface area contributed by atoms with Gasteiger partial charge in [-0.1, -0.05) is 17.7 Å². The maximum Gasteiger partial charge on any atom is 0.219 e. The lowest BCUT2D eigenvalue weighted by molar-refractivity contribution is 0.339. The topological polar surface area (TPSA) is 81.8 Å². The largest absolute Gasteiger partial charge is 0.494 e. The highest BCUT2D eigenvalue weighted by atomic mass is 127. The molecule has 1 aromatic heterocycles. The summed E-state index contributed by atoms with van der Waals surface area (Å²) in [5, 5.41) is 3.08. The minimum atomic E-state index is 0. The number of hydrogen-bond acceptors (Lipinski definition) is 4. The molecule has 0 fully saturated rings. The molecule has 0 aliphatic carbocycles. The molecule has 1 heterocycles. The summed E-state index contributed by atoms with van der Waals surface area (Å²) in [4.78, 5) is 8.62. The molecule has 7 heteroatoms. The number of halogens is 1. The predicted octanol–water partition coefficient (Wildman–Crippen LogP) is 5.13. The van der Waals surface area contributed by atoms with Gasteiger partial charge in [0.15, 0.2) is 5.96 Å². The van der Waals surface area contributed by atoms with Gasteiger partial charge in [0.2, 0.25) is 5.88 Å². The maximum atomic E-state index is 5.97. The molecule has 0 atom stereocenters. The quantitative estimate of drug-likeness (QED) is 0.265. The Balaban J connectivity index is 0.00000300. The van der Waals surface area contributed by atoms with Crippen LogP contribution < -0.4 is 20.5 Å². The first kappa shape index (κ1) is 22.5. The van der Waals surface area contributed by atoms with Crippen molar-refractivity contribution in [3.05, 3.63) is 78.0 Å². The third kappa shape index (κ3) is 7.26. The number of nitrogens with two attached hydrogens (primary N) is 1. The summed E-state index contributed by atoms with van der Waals surface area (Å²) in [7, 11) is 0. The molecule has 0 spiro atoms. The summed E-state index contributed by atoms with van der Waals surface area (Å²) in [6.07, 6.45) is 1.69. The molecule has 0 saturated carbocycles. The zero-order valence-electron chi connectivity index (χ0n) is 16.5. The number of guanidine groups is 1. The van der Waals surface area contributed by atoms with Crippen LogP contribution in [-0.4, -0.2) is 17.6 Å². The second-order valence-electron chi connectivity index (χ2n) is 6.20. The standard InChI is InChI=1S/C22H24N4O2.HI/c1-3-27-19-8-10-20(11-9-19)28-21-14-17(12-13-24-21)15-25-22(23)26-18-6-4-16(2)5-7-18;/h4-14H,3,15H2,1-2H3,(H3,23,25,26);1H. The molecular weight excluding hydrogens is 479 g/mol. The molecule has 152 valence electrons. The molecule has 3 N–H and O–H groups in total. The van der Waals surface area contributed by atoms with Gasteiger partial charge < -0.3 is 20.5 Å². The van der Waals surface area contributed by atoms with Crippen LogP contribution in [0.2, 0.25) is 0 Å². The second kappa shape index (κ2) is 11.3. The van der Waals surface area contributed by atoms with Gasteiger partial charge >= 0.3 is 0 Å². The number of nitrogens with one attached hydrogen (secondary N) is 1. The van der Waals surface area contributed by atoms with Crippen molar-refractivity contribution >= 4 is 35.6 Å². The van der Waals surface area contributed by atoms with E-state index in [1.165, 1.54) is 5.56 Å². The van der Waals surface area contributed by atoms with Gasteiger partial charge in [-0.2, -0.15) is 0 Å². The predicted molar refractivity (Wildman–Crippen MR) is 127 cm³/mol. The molecular formula is C22H25IN4O2. The number of pyridine rings is 1. The van der Waals surface area contributed by atoms with E-state index in [0.29, 0.717) is 30.7 Å². The van der Waals surface area contributed by atoms with Gasteiger partial charge in [-0.15, -0.1) is 24.0 Å². The molecule has 0 amide bonds. The van der Waals surface area contributed by atoms with Gasteiger partial charge in [-0.25, -0.2) is 9.98 Å². The van der Waals surface area contributed by atoms with Gasteiger partial charge in [0.05, 0.1) is 13.2 Å². The minimum Gasteiger partial charge on any atom is -0.494 e. The number of aliphatic imine (C=N–C) groups is 1. The molecule has 3 aromatic rings. The van der Waals surface area contributed by atoms with E-state index >= 15 is 0 Å². The SMILES string of the molecule is CCOc1ccc(Oc2cc(CN=C(N)Nc3ccc(C)cc3)ccn2)cc1.I. The van der Waals surface area contributed by atoms with Crippen LogP contribution in [0.3, 0.4) is 0 Å². The van der Waals surface area contributed by atoms with Crippen LogP contribution in [0.25, 0.3) is 0 Å². The van der Waals surface area contributed by atoms with E-state index in [2.05, 4.69) is 15.3 Å². The number of rotatable bonds is 7. The Bertz CT molecular complexity index is 928. The number of benzene rings is 2. The fourth-order valence-corrected chi connectivity index (χ4v) is 2.50. The van der Waals surface area contributed by atoms with Crippen LogP contribution in [0.5, 0.6) is 17.4 Å². The minimum absolute atomic E-state index is 0. The maximum absolute atomic E-state index is 5.97. The second-order valence-corrected chi connectivity index (χ2v) is 6.20. The lowest BCUT2D eigenvalue weighted by atomic mass is 10.2. The molecule has 3 rings (SSSR count). The zero-order valence-corrected chi connectivity index (χ0v) is 18.8. The fraction of sp³-hybridized carbons (Fsp3) is 0.182. The van der Waals surface area contributed by atoms with Crippen molar-refractivity contribution < 1.29 is 9.47 Å². The third-order valence-corrected chi connectivity index (χ3v) is 3.91. The average Bonchev–Trinajstić information content (AvgIpc) is 2.70. The van der Waals surface area contributed by atoms with Crippen LogP contribution in [0.1, 0.15) is 18.1 Å². The van der Waals surface area contributed by atoms with Crippen molar-refractivity contribution in [2.24, 2.45) is 10.7 Å². The van der Waals surface area contributed by atoms with Crippen molar-refractivity contribution in [3.63, 3.8) is 0 Å². The normalized spacial score (nSPS) is 10.8. The van der Waals surface area contributed by atoms with Crippen molar-refractivity contribution in [2.45, 2.75) is 20.4 Å². The van der Waals surface area contributed by atoms with Crippen molar-refractivity contribution in [1.29, 1.82) is 0 Å². The number of nitrogens with zero attached hydrogens (tertiary/aromatic N) is 2. The highest BCUT2D eigenvalue weighted by molar-refractivity contribution is 14.0. The Kier molecular flexibility index (Phi) is 8.72. The Morgan fingerprint density at radius 3 is 2.41 bits per heavy atom. The Hall–Kier alpha value is -2.81. The lowest BCUT2D eigenvalue weighted by Gasteiger charge is -2.08. The number of ether oxygens (including phenoxy) is 2. The van der Waals surface area contributed by atoms with Crippen LogP contribution in [0.4, 0.5) is 5.69 Å². The molecule has 0 unspecified atom stereocenters. The van der Waals surface area contributed by atoms with Gasteiger partial charge in [-0.05, 0) is 61.9 Å². The first-order chi connectivity index (χ1) is 13.6. The van der Waals surface area contributed by atoms with E-state index in [4.69, 9.17) is 15.2 Å². The van der Waals surface area contributed by atoms with Crippen molar-refractivity contribution in [3.8, 4) is 17.4 Å². The van der Waals surface area contributed by atoms with Crippen LogP contribution in [0, 0.1) is 6.92 Å². The Morgan fingerprint density at radius 2 is 1.72 bits per heavy atom. The van der Waals surface area contributed by atoms with Crippen molar-refractivity contribution in [1.82, 2.24) is 4.98 Å². The molecule has 0 aliphatic heterocycles. The molecule has 29 heavy (non-hydrogen) atoms. The van der Waals surface area contributed by atoms with E-state index in [1.807, 2.05) is 74.5 Å². The number of hydrogen-bond donors (Lipinski definition) is 2. The molecule has 0 saturated heterocycles. The summed E-state index contributed by atoms with van der Waals surface area (Å²) >= 11 is 0. The Labute approximate surface area is 188 Å². The molecule has 0 radical (unpaired) electrons. The first-order valence-corrected chi connectivity index (χ1v) is 9.11. The summed E-state index contributed by atoms with van der Waals surface area (Å²) < 4.78 is 11.2. The molecule has 0 bridgehead atoms. The van der Waals surface area contributed by atoms with E-state index < -0.39 is 0 Å². The average molecular weight is 504 g/mol. The van der Waals surface area contributed by atoms with Gasteiger partial charge in [0.25, 0.3) is 0 Å². The van der Waals surface area contributed by atoms with E-state index in [9.17, 15) is 0 Å². The number of aryl methyl sites for hydroxylation is 1. The summed E-state index contributed by atoms with van der Waals surface area (Å²) in [5.74, 6) is 2.36. The highest BCUT2D eigenvalue weighted by Gasteiger charge is 2.02. The summed E-state index contributed by atoms with van der Waals surface area (Å²) in [5.41, 5.74) is 9.02. The monoisotopic (exact) mass is 504 g/mol. The molecule has 6 nitrogen and oxygen atoms in total. The zero-order chi connectivity index (χ0) is 19.8. The van der Waals surface area contributed by atoms with Gasteiger partial charge in [0.1, 0.15) is 11.5 Å². The van der Waals surface area contributed by atoms with Crippen LogP contribution >= 0.6 is 24.0 Å². The molecule has 0 aliphatic rings. The van der Waals surface area contributed by atoms with Gasteiger partial charge in [-0.3, -0.25) is 0 Å². The molecule has 2 aromatic carbocycles. The third-order valence-electron chi connectivity index (χ3n) is 3.91. The Morgan fingerprint density at radius 1 is 1.03 bits per heavy atom. The summed E-state index contributed by atoms with van der Waals surface area (Å²) in [6, 6.07) is 19.1.